The van der Waals surface area contributed by atoms with Gasteiger partial charge in [0.2, 0.25) is 0 Å². The Labute approximate surface area is 306 Å². The Balaban J connectivity index is 1.13. The molecule has 0 radical (unpaired) electrons. The van der Waals surface area contributed by atoms with E-state index >= 15 is 0 Å². The van der Waals surface area contributed by atoms with Crippen molar-refractivity contribution in [2.45, 2.75) is 149 Å². The van der Waals surface area contributed by atoms with Crippen LogP contribution in [0.2, 0.25) is 0 Å². The Morgan fingerprint density at radius 2 is 0.615 bits per heavy atom. The van der Waals surface area contributed by atoms with Crippen molar-refractivity contribution in [2.24, 2.45) is 47.3 Å². The van der Waals surface area contributed by atoms with Gasteiger partial charge in [0, 0.05) is 5.92 Å². The molecule has 9 fully saturated rings. The van der Waals surface area contributed by atoms with Gasteiger partial charge in [0.15, 0.2) is 0 Å². The molecule has 0 spiro atoms. The quantitative estimate of drug-likeness (QED) is 0.157. The molecule has 5 heterocycles. The van der Waals surface area contributed by atoms with E-state index in [2.05, 4.69) is 42.5 Å². The molecular formula is C32H56N8O9S3. The van der Waals surface area contributed by atoms with Gasteiger partial charge in [0.1, 0.15) is 15.7 Å². The SMILES string of the molecule is O=S(=O)(O)C1CC2C3NC4NC(NC5NC(NC6NC(NC(N3)C2C(S(=O)(=O)O)C1S(=O)(=O)O)C1CCCCC61)C1CCCCC51)C1CCCCC41. The molecule has 0 aromatic carbocycles. The van der Waals surface area contributed by atoms with Crippen molar-refractivity contribution in [2.75, 3.05) is 0 Å². The van der Waals surface area contributed by atoms with E-state index in [-0.39, 0.29) is 54.7 Å². The van der Waals surface area contributed by atoms with Crippen molar-refractivity contribution in [3.05, 3.63) is 0 Å². The fourth-order valence-corrected chi connectivity index (χ4v) is 18.0. The second kappa shape index (κ2) is 13.5. The maximum Gasteiger partial charge on any atom is 0.270 e. The van der Waals surface area contributed by atoms with Crippen LogP contribution in [0.4, 0.5) is 0 Å². The number of rotatable bonds is 3. The van der Waals surface area contributed by atoms with Crippen molar-refractivity contribution in [1.82, 2.24) is 42.5 Å². The zero-order valence-electron chi connectivity index (χ0n) is 29.2. The maximum absolute atomic E-state index is 13.3. The third-order valence-corrected chi connectivity index (χ3v) is 19.2. The minimum atomic E-state index is -5.40. The second-order valence-electron chi connectivity index (χ2n) is 17.5. The first-order valence-electron chi connectivity index (χ1n) is 19.6. The third-order valence-electron chi connectivity index (χ3n) is 15.0. The predicted molar refractivity (Wildman–Crippen MR) is 189 cm³/mol. The zero-order valence-corrected chi connectivity index (χ0v) is 31.6. The molecule has 17 nitrogen and oxygen atoms in total. The van der Waals surface area contributed by atoms with Gasteiger partial charge < -0.3 is 0 Å². The molecule has 19 atom stereocenters. The average molecular weight is 793 g/mol. The van der Waals surface area contributed by atoms with Crippen LogP contribution < -0.4 is 42.5 Å². The van der Waals surface area contributed by atoms with Crippen LogP contribution in [-0.2, 0) is 30.4 Å². The lowest BCUT2D eigenvalue weighted by molar-refractivity contribution is 0.166. The molecule has 52 heavy (non-hydrogen) atoms. The van der Waals surface area contributed by atoms with Gasteiger partial charge in [-0.3, -0.25) is 56.2 Å². The lowest BCUT2D eigenvalue weighted by Crippen LogP contribution is -2.64. The summed E-state index contributed by atoms with van der Waals surface area (Å²) in [7, 11) is -15.9. The molecule has 5 aliphatic heterocycles. The van der Waals surface area contributed by atoms with E-state index < -0.39 is 76.7 Å². The first-order chi connectivity index (χ1) is 24.7. The molecule has 9 rings (SSSR count). The van der Waals surface area contributed by atoms with Crippen LogP contribution in [0, 0.1) is 47.3 Å². The van der Waals surface area contributed by atoms with Crippen LogP contribution in [0.5, 0.6) is 0 Å². The smallest absolute Gasteiger partial charge is 0.270 e. The predicted octanol–water partition coefficient (Wildman–Crippen LogP) is -0.795. The monoisotopic (exact) mass is 792 g/mol. The van der Waals surface area contributed by atoms with Crippen molar-refractivity contribution < 1.29 is 38.9 Å². The van der Waals surface area contributed by atoms with Gasteiger partial charge in [-0.1, -0.05) is 38.5 Å². The first-order valence-corrected chi connectivity index (χ1v) is 24.1. The van der Waals surface area contributed by atoms with Gasteiger partial charge in [-0.05, 0) is 86.4 Å². The highest BCUT2D eigenvalue weighted by Crippen LogP contribution is 2.48. The van der Waals surface area contributed by atoms with E-state index in [1.165, 1.54) is 12.8 Å². The first kappa shape index (κ1) is 37.0. The van der Waals surface area contributed by atoms with Crippen molar-refractivity contribution in [3.63, 3.8) is 0 Å². The number of nitrogens with one attached hydrogen (secondary N) is 8. The number of hydrogen-bond donors (Lipinski definition) is 11. The molecule has 0 aromatic rings. The highest BCUT2D eigenvalue weighted by Gasteiger charge is 2.65. The van der Waals surface area contributed by atoms with Crippen LogP contribution in [-0.4, -0.2) is 104 Å². The normalized spacial score (nSPS) is 52.3. The van der Waals surface area contributed by atoms with Crippen LogP contribution in [0.15, 0.2) is 0 Å². The van der Waals surface area contributed by atoms with E-state index in [4.69, 9.17) is 0 Å². The van der Waals surface area contributed by atoms with Gasteiger partial charge in [-0.2, -0.15) is 25.3 Å². The van der Waals surface area contributed by atoms with Crippen LogP contribution in [0.3, 0.4) is 0 Å². The van der Waals surface area contributed by atoms with E-state index in [1.54, 1.807) is 0 Å². The lowest BCUT2D eigenvalue weighted by Gasteiger charge is -2.43. The summed E-state index contributed by atoms with van der Waals surface area (Å²) < 4.78 is 109. The maximum atomic E-state index is 13.3. The summed E-state index contributed by atoms with van der Waals surface area (Å²) in [4.78, 5) is 0. The Morgan fingerprint density at radius 1 is 0.346 bits per heavy atom. The van der Waals surface area contributed by atoms with Gasteiger partial charge in [-0.15, -0.1) is 0 Å². The highest BCUT2D eigenvalue weighted by atomic mass is 32.2. The summed E-state index contributed by atoms with van der Waals surface area (Å²) in [6.45, 7) is 0. The van der Waals surface area contributed by atoms with E-state index in [1.807, 2.05) is 0 Å². The van der Waals surface area contributed by atoms with E-state index in [9.17, 15) is 38.9 Å². The number of fused-ring (bicyclic) bond motifs is 20. The van der Waals surface area contributed by atoms with Gasteiger partial charge in [-0.25, -0.2) is 0 Å². The topological polar surface area (TPSA) is 259 Å². The van der Waals surface area contributed by atoms with Gasteiger partial charge in [0.05, 0.1) is 49.3 Å². The number of hydrogen-bond acceptors (Lipinski definition) is 14. The van der Waals surface area contributed by atoms with Crippen molar-refractivity contribution in [3.8, 4) is 0 Å². The zero-order chi connectivity index (χ0) is 36.3. The summed E-state index contributed by atoms with van der Waals surface area (Å²) in [5.41, 5.74) is 0. The summed E-state index contributed by atoms with van der Waals surface area (Å²) in [6, 6.07) is 0. The molecule has 8 bridgehead atoms. The van der Waals surface area contributed by atoms with Gasteiger partial charge in [0.25, 0.3) is 30.4 Å². The van der Waals surface area contributed by atoms with Crippen LogP contribution in [0.25, 0.3) is 0 Å². The molecule has 5 saturated heterocycles. The molecule has 4 aliphatic carbocycles. The molecule has 4 saturated carbocycles. The summed E-state index contributed by atoms with van der Waals surface area (Å²) >= 11 is 0. The Hall–Kier alpha value is -0.590. The average Bonchev–Trinajstić information content (AvgIpc) is 3.82. The minimum Gasteiger partial charge on any atom is -0.286 e. The summed E-state index contributed by atoms with van der Waals surface area (Å²) in [5.74, 6) is -0.0970. The molecule has 0 amide bonds. The summed E-state index contributed by atoms with van der Waals surface area (Å²) in [5, 5.41) is 23.6. The molecular weight excluding hydrogens is 737 g/mol. The lowest BCUT2D eigenvalue weighted by atomic mass is 9.76. The molecule has 19 unspecified atom stereocenters. The van der Waals surface area contributed by atoms with Crippen molar-refractivity contribution >= 4 is 30.4 Å². The highest BCUT2D eigenvalue weighted by molar-refractivity contribution is 7.92. The standard InChI is InChI=1S/C32H56N8O9S3/c41-50(42,43)21-13-20-22(24(52(47,48)49)23(21)51(44,45)46)32-39-30-19-12-6-5-11-18(19)28(37-30)35-26-15-8-2-1-7-14(15)25(33-26)34-27-16-9-3-4-10-17(16)29(36-27)38-31(20)40-32/h14-40H,1-13H2,(H,41,42,43)(H,44,45,46)(H,47,48,49). The van der Waals surface area contributed by atoms with Crippen LogP contribution >= 0.6 is 0 Å². The Bertz CT molecular complexity index is 1710. The summed E-state index contributed by atoms with van der Waals surface area (Å²) in [6.07, 6.45) is 10.5. The minimum absolute atomic E-state index is 0.0104. The van der Waals surface area contributed by atoms with Gasteiger partial charge >= 0.3 is 0 Å². The molecule has 296 valence electrons. The van der Waals surface area contributed by atoms with E-state index in [0.717, 1.165) is 64.2 Å². The van der Waals surface area contributed by atoms with Crippen LogP contribution in [0.1, 0.15) is 83.5 Å². The molecule has 20 heteroatoms. The fourth-order valence-electron chi connectivity index (χ4n) is 13.0. The fraction of sp³-hybridized carbons (Fsp3) is 1.00. The second-order valence-corrected chi connectivity index (χ2v) is 22.3. The molecule has 9 aliphatic rings. The van der Waals surface area contributed by atoms with E-state index in [0.29, 0.717) is 17.8 Å². The molecule has 0 aromatic heterocycles. The largest absolute Gasteiger partial charge is 0.286 e. The molecule has 11 N–H and O–H groups in total. The van der Waals surface area contributed by atoms with Crippen molar-refractivity contribution in [1.29, 1.82) is 0 Å². The Kier molecular flexibility index (Phi) is 9.62. The third kappa shape index (κ3) is 6.41. The Morgan fingerprint density at radius 3 is 0.885 bits per heavy atom.